The van der Waals surface area contributed by atoms with Gasteiger partial charge in [0.05, 0.1) is 0 Å². The molecule has 0 heterocycles. The van der Waals surface area contributed by atoms with Crippen LogP contribution in [0.4, 0.5) is 17.1 Å². The molecule has 0 aliphatic heterocycles. The average Bonchev–Trinajstić information content (AvgIpc) is 2.36. The van der Waals surface area contributed by atoms with Crippen LogP contribution in [0.25, 0.3) is 0 Å². The Hall–Kier alpha value is -2.00. The van der Waals surface area contributed by atoms with Crippen molar-refractivity contribution in [2.75, 3.05) is 10.6 Å². The third-order valence-electron chi connectivity index (χ3n) is 2.67. The van der Waals surface area contributed by atoms with E-state index in [1.54, 1.807) is 0 Å². The molecule has 0 fully saturated rings. The van der Waals surface area contributed by atoms with Crippen LogP contribution >= 0.6 is 11.6 Å². The van der Waals surface area contributed by atoms with Crippen LogP contribution < -0.4 is 10.6 Å². The van der Waals surface area contributed by atoms with E-state index >= 15 is 0 Å². The number of carbonyl (C=O) groups is 1. The molecule has 0 unspecified atom stereocenters. The molecule has 0 radical (unpaired) electrons. The molecule has 0 saturated carbocycles. The molecule has 2 aromatic rings. The van der Waals surface area contributed by atoms with E-state index in [0.29, 0.717) is 0 Å². The molecule has 2 N–H and O–H groups in total. The standard InChI is InChI=1S/C15H15ClN2O/c1-10-3-4-14(9-15(10)16)18-13-7-5-12(6-8-13)17-11(2)19/h3-9,18H,1-2H3,(H,17,19). The molecule has 3 nitrogen and oxygen atoms in total. The Balaban J connectivity index is 2.10. The maximum absolute atomic E-state index is 10.9. The number of anilines is 3. The summed E-state index contributed by atoms with van der Waals surface area (Å²) in [6.45, 7) is 3.45. The minimum Gasteiger partial charge on any atom is -0.355 e. The van der Waals surface area contributed by atoms with Crippen molar-refractivity contribution in [2.45, 2.75) is 13.8 Å². The number of nitrogens with one attached hydrogen (secondary N) is 2. The fraction of sp³-hybridized carbons (Fsp3) is 0.133. The van der Waals surface area contributed by atoms with Gasteiger partial charge in [0.25, 0.3) is 0 Å². The second kappa shape index (κ2) is 5.76. The molecule has 0 spiro atoms. The van der Waals surface area contributed by atoms with Crippen molar-refractivity contribution in [1.29, 1.82) is 0 Å². The summed E-state index contributed by atoms with van der Waals surface area (Å²) >= 11 is 6.08. The Kier molecular flexibility index (Phi) is 4.07. The Labute approximate surface area is 117 Å². The second-order valence-electron chi connectivity index (χ2n) is 4.35. The number of hydrogen-bond donors (Lipinski definition) is 2. The quantitative estimate of drug-likeness (QED) is 0.874. The summed E-state index contributed by atoms with van der Waals surface area (Å²) in [5.74, 6) is -0.0778. The molecule has 0 aliphatic rings. The first-order chi connectivity index (χ1) is 9.04. The lowest BCUT2D eigenvalue weighted by atomic mass is 10.2. The molecule has 0 aliphatic carbocycles. The Morgan fingerprint density at radius 1 is 1.00 bits per heavy atom. The lowest BCUT2D eigenvalue weighted by molar-refractivity contribution is -0.114. The van der Waals surface area contributed by atoms with Crippen molar-refractivity contribution in [3.63, 3.8) is 0 Å². The van der Waals surface area contributed by atoms with Crippen LogP contribution in [-0.4, -0.2) is 5.91 Å². The van der Waals surface area contributed by atoms with Crippen LogP contribution in [0.1, 0.15) is 12.5 Å². The van der Waals surface area contributed by atoms with Crippen LogP contribution in [0.15, 0.2) is 42.5 Å². The molecule has 2 rings (SSSR count). The van der Waals surface area contributed by atoms with E-state index in [2.05, 4.69) is 10.6 Å². The molecule has 0 bridgehead atoms. The Morgan fingerprint density at radius 2 is 1.58 bits per heavy atom. The fourth-order valence-electron chi connectivity index (χ4n) is 1.68. The van der Waals surface area contributed by atoms with Gasteiger partial charge >= 0.3 is 0 Å². The highest BCUT2D eigenvalue weighted by atomic mass is 35.5. The molecule has 1 amide bonds. The topological polar surface area (TPSA) is 41.1 Å². The first-order valence-electron chi connectivity index (χ1n) is 5.95. The van der Waals surface area contributed by atoms with Gasteiger partial charge in [-0.1, -0.05) is 17.7 Å². The number of amides is 1. The second-order valence-corrected chi connectivity index (χ2v) is 4.75. The van der Waals surface area contributed by atoms with E-state index in [-0.39, 0.29) is 5.91 Å². The van der Waals surface area contributed by atoms with E-state index in [9.17, 15) is 4.79 Å². The van der Waals surface area contributed by atoms with E-state index in [0.717, 1.165) is 27.6 Å². The third kappa shape index (κ3) is 3.73. The molecular weight excluding hydrogens is 260 g/mol. The minimum atomic E-state index is -0.0778. The fourth-order valence-corrected chi connectivity index (χ4v) is 1.86. The van der Waals surface area contributed by atoms with E-state index in [4.69, 9.17) is 11.6 Å². The SMILES string of the molecule is CC(=O)Nc1ccc(Nc2ccc(C)c(Cl)c2)cc1. The number of halogens is 1. The average molecular weight is 275 g/mol. The molecule has 0 atom stereocenters. The maximum atomic E-state index is 10.9. The van der Waals surface area contributed by atoms with Gasteiger partial charge in [-0.15, -0.1) is 0 Å². The van der Waals surface area contributed by atoms with Crippen molar-refractivity contribution in [3.05, 3.63) is 53.1 Å². The first kappa shape index (κ1) is 13.4. The van der Waals surface area contributed by atoms with Gasteiger partial charge in [-0.3, -0.25) is 4.79 Å². The number of rotatable bonds is 3. The predicted octanol–water partition coefficient (Wildman–Crippen LogP) is 4.35. The Morgan fingerprint density at radius 3 is 2.16 bits per heavy atom. The zero-order valence-corrected chi connectivity index (χ0v) is 11.6. The van der Waals surface area contributed by atoms with Gasteiger partial charge in [0.15, 0.2) is 0 Å². The normalized spacial score (nSPS) is 10.1. The van der Waals surface area contributed by atoms with Gasteiger partial charge in [-0.25, -0.2) is 0 Å². The third-order valence-corrected chi connectivity index (χ3v) is 3.07. The molecule has 2 aromatic carbocycles. The summed E-state index contributed by atoms with van der Waals surface area (Å²) in [4.78, 5) is 10.9. The lowest BCUT2D eigenvalue weighted by Gasteiger charge is -2.09. The number of carbonyl (C=O) groups excluding carboxylic acids is 1. The molecule has 98 valence electrons. The van der Waals surface area contributed by atoms with Crippen molar-refractivity contribution >= 4 is 34.6 Å². The predicted molar refractivity (Wildman–Crippen MR) is 80.2 cm³/mol. The van der Waals surface area contributed by atoms with Crippen LogP contribution in [-0.2, 0) is 4.79 Å². The van der Waals surface area contributed by atoms with Crippen molar-refractivity contribution in [3.8, 4) is 0 Å². The number of benzene rings is 2. The van der Waals surface area contributed by atoms with Gasteiger partial charge in [0.1, 0.15) is 0 Å². The van der Waals surface area contributed by atoms with Crippen molar-refractivity contribution < 1.29 is 4.79 Å². The van der Waals surface area contributed by atoms with E-state index < -0.39 is 0 Å². The number of aryl methyl sites for hydroxylation is 1. The molecule has 4 heteroatoms. The summed E-state index contributed by atoms with van der Waals surface area (Å²) in [5, 5.41) is 6.72. The Bertz CT molecular complexity index is 594. The molecular formula is C15H15ClN2O. The highest BCUT2D eigenvalue weighted by molar-refractivity contribution is 6.31. The smallest absolute Gasteiger partial charge is 0.221 e. The van der Waals surface area contributed by atoms with Crippen molar-refractivity contribution in [2.24, 2.45) is 0 Å². The monoisotopic (exact) mass is 274 g/mol. The van der Waals surface area contributed by atoms with Gasteiger partial charge in [-0.05, 0) is 48.9 Å². The molecule has 0 saturated heterocycles. The lowest BCUT2D eigenvalue weighted by Crippen LogP contribution is -2.05. The van der Waals surface area contributed by atoms with Crippen LogP contribution in [0.3, 0.4) is 0 Å². The summed E-state index contributed by atoms with van der Waals surface area (Å²) in [5.41, 5.74) is 3.70. The van der Waals surface area contributed by atoms with E-state index in [1.807, 2.05) is 49.4 Å². The van der Waals surface area contributed by atoms with Gasteiger partial charge in [0.2, 0.25) is 5.91 Å². The highest BCUT2D eigenvalue weighted by Gasteiger charge is 2.00. The van der Waals surface area contributed by atoms with E-state index in [1.165, 1.54) is 6.92 Å². The van der Waals surface area contributed by atoms with Crippen LogP contribution in [0, 0.1) is 6.92 Å². The summed E-state index contributed by atoms with van der Waals surface area (Å²) in [6.07, 6.45) is 0. The molecule has 19 heavy (non-hydrogen) atoms. The van der Waals surface area contributed by atoms with Gasteiger partial charge < -0.3 is 10.6 Å². The van der Waals surface area contributed by atoms with Gasteiger partial charge in [0, 0.05) is 29.0 Å². The first-order valence-corrected chi connectivity index (χ1v) is 6.33. The summed E-state index contributed by atoms with van der Waals surface area (Å²) in [6, 6.07) is 13.3. The van der Waals surface area contributed by atoms with Gasteiger partial charge in [-0.2, -0.15) is 0 Å². The largest absolute Gasteiger partial charge is 0.355 e. The molecule has 0 aromatic heterocycles. The summed E-state index contributed by atoms with van der Waals surface area (Å²) in [7, 11) is 0. The van der Waals surface area contributed by atoms with Crippen LogP contribution in [0.5, 0.6) is 0 Å². The van der Waals surface area contributed by atoms with Crippen molar-refractivity contribution in [1.82, 2.24) is 0 Å². The number of hydrogen-bond acceptors (Lipinski definition) is 2. The maximum Gasteiger partial charge on any atom is 0.221 e. The minimum absolute atomic E-state index is 0.0778. The van der Waals surface area contributed by atoms with Crippen LogP contribution in [0.2, 0.25) is 5.02 Å². The zero-order valence-electron chi connectivity index (χ0n) is 10.8. The highest BCUT2D eigenvalue weighted by Crippen LogP contribution is 2.23. The zero-order chi connectivity index (χ0) is 13.8. The summed E-state index contributed by atoms with van der Waals surface area (Å²) < 4.78 is 0.